The summed E-state index contributed by atoms with van der Waals surface area (Å²) in [6.07, 6.45) is 1.01. The monoisotopic (exact) mass is 720 g/mol. The summed E-state index contributed by atoms with van der Waals surface area (Å²) >= 11 is 1.96. The number of hydrogen-bond acceptors (Lipinski definition) is 2. The van der Waals surface area contributed by atoms with Crippen molar-refractivity contribution in [3.05, 3.63) is 216 Å². The van der Waals surface area contributed by atoms with Crippen molar-refractivity contribution in [1.29, 1.82) is 0 Å². The number of hydrogen-bond donors (Lipinski definition) is 0. The molecule has 1 aliphatic rings. The number of anilines is 3. The Morgan fingerprint density at radius 1 is 0.509 bits per heavy atom. The maximum Gasteiger partial charge on any atom is 0.0562 e. The summed E-state index contributed by atoms with van der Waals surface area (Å²) in [7, 11) is 0. The zero-order valence-corrected chi connectivity index (χ0v) is 31.0. The number of nitrogens with zero attached hydrogens (tertiary/aromatic N) is 2. The van der Waals surface area contributed by atoms with Crippen LogP contribution in [0.5, 0.6) is 0 Å². The molecule has 8 aromatic carbocycles. The van der Waals surface area contributed by atoms with Gasteiger partial charge in [-0.05, 0) is 94.9 Å². The Balaban J connectivity index is 1.09. The maximum atomic E-state index is 2.46. The van der Waals surface area contributed by atoms with Crippen LogP contribution in [0.25, 0.3) is 59.8 Å². The van der Waals surface area contributed by atoms with Crippen LogP contribution < -0.4 is 4.90 Å². The summed E-state index contributed by atoms with van der Waals surface area (Å²) in [6, 6.07) is 73.3. The third-order valence-corrected chi connectivity index (χ3v) is 12.6. The number of aromatic nitrogens is 1. The molecule has 1 unspecified atom stereocenters. The fourth-order valence-electron chi connectivity index (χ4n) is 8.94. The van der Waals surface area contributed by atoms with Crippen LogP contribution in [0.4, 0.5) is 17.1 Å². The normalized spacial score (nSPS) is 13.6. The van der Waals surface area contributed by atoms with Gasteiger partial charge in [-0.1, -0.05) is 140 Å². The Morgan fingerprint density at radius 3 is 2.04 bits per heavy atom. The third kappa shape index (κ3) is 5.23. The molecule has 2 nitrogen and oxygen atoms in total. The maximum absolute atomic E-state index is 2.46. The summed E-state index contributed by atoms with van der Waals surface area (Å²) in [5, 5.41) is 3.84. The van der Waals surface area contributed by atoms with Crippen LogP contribution in [-0.4, -0.2) is 4.57 Å². The highest BCUT2D eigenvalue weighted by Gasteiger charge is 2.29. The lowest BCUT2D eigenvalue weighted by atomic mass is 9.78. The van der Waals surface area contributed by atoms with Crippen molar-refractivity contribution in [1.82, 2.24) is 4.57 Å². The van der Waals surface area contributed by atoms with Gasteiger partial charge in [0.25, 0.3) is 0 Å². The second-order valence-electron chi connectivity index (χ2n) is 14.4. The molecule has 0 amide bonds. The average Bonchev–Trinajstić information content (AvgIpc) is 3.81. The van der Waals surface area contributed by atoms with Gasteiger partial charge in [-0.15, -0.1) is 11.3 Å². The molecule has 3 heteroatoms. The molecule has 0 fully saturated rings. The van der Waals surface area contributed by atoms with Gasteiger partial charge in [0, 0.05) is 54.3 Å². The molecule has 10 aromatic rings. The highest BCUT2D eigenvalue weighted by molar-refractivity contribution is 7.19. The fourth-order valence-corrected chi connectivity index (χ4v) is 10.2. The Hall–Kier alpha value is -6.68. The highest BCUT2D eigenvalue weighted by Crippen LogP contribution is 2.50. The number of rotatable bonds is 6. The number of fused-ring (bicyclic) bond motifs is 8. The van der Waals surface area contributed by atoms with E-state index in [-0.39, 0.29) is 5.92 Å². The average molecular weight is 721 g/mol. The van der Waals surface area contributed by atoms with Gasteiger partial charge in [-0.25, -0.2) is 0 Å². The largest absolute Gasteiger partial charge is 0.310 e. The van der Waals surface area contributed by atoms with E-state index in [4.69, 9.17) is 0 Å². The van der Waals surface area contributed by atoms with Crippen molar-refractivity contribution in [2.75, 3.05) is 4.90 Å². The zero-order valence-electron chi connectivity index (χ0n) is 30.1. The Morgan fingerprint density at radius 2 is 1.18 bits per heavy atom. The van der Waals surface area contributed by atoms with E-state index in [0.717, 1.165) is 29.2 Å². The predicted octanol–water partition coefficient (Wildman–Crippen LogP) is 14.5. The first-order valence-corrected chi connectivity index (χ1v) is 19.8. The van der Waals surface area contributed by atoms with E-state index in [0.29, 0.717) is 0 Å². The van der Waals surface area contributed by atoms with Crippen molar-refractivity contribution in [3.63, 3.8) is 0 Å². The first-order valence-electron chi connectivity index (χ1n) is 19.0. The number of thiophene rings is 1. The van der Waals surface area contributed by atoms with Gasteiger partial charge in [-0.2, -0.15) is 0 Å². The molecule has 0 saturated heterocycles. The van der Waals surface area contributed by atoms with Gasteiger partial charge in [-0.3, -0.25) is 0 Å². The van der Waals surface area contributed by atoms with Crippen LogP contribution in [0.15, 0.2) is 200 Å². The van der Waals surface area contributed by atoms with Gasteiger partial charge in [0.05, 0.1) is 16.7 Å². The van der Waals surface area contributed by atoms with Crippen molar-refractivity contribution in [3.8, 4) is 27.9 Å². The zero-order chi connectivity index (χ0) is 36.3. The van der Waals surface area contributed by atoms with Gasteiger partial charge in [0.15, 0.2) is 0 Å². The second kappa shape index (κ2) is 13.0. The third-order valence-electron chi connectivity index (χ3n) is 11.4. The molecule has 1 atom stereocenters. The molecule has 0 radical (unpaired) electrons. The molecular weight excluding hydrogens is 685 g/mol. The lowest BCUT2D eigenvalue weighted by Crippen LogP contribution is -2.13. The second-order valence-corrected chi connectivity index (χ2v) is 15.6. The predicted molar refractivity (Wildman–Crippen MR) is 234 cm³/mol. The van der Waals surface area contributed by atoms with E-state index in [1.807, 2.05) is 11.3 Å². The minimum atomic E-state index is 0.285. The smallest absolute Gasteiger partial charge is 0.0562 e. The van der Waals surface area contributed by atoms with E-state index in [1.165, 1.54) is 70.1 Å². The van der Waals surface area contributed by atoms with Crippen LogP contribution in [-0.2, 0) is 6.42 Å². The van der Waals surface area contributed by atoms with E-state index in [1.54, 1.807) is 0 Å². The molecule has 1 aliphatic carbocycles. The van der Waals surface area contributed by atoms with E-state index in [2.05, 4.69) is 210 Å². The summed E-state index contributed by atoms with van der Waals surface area (Å²) in [5.74, 6) is 0.285. The van der Waals surface area contributed by atoms with Crippen LogP contribution in [0, 0.1) is 0 Å². The molecule has 11 rings (SSSR count). The summed E-state index contributed by atoms with van der Waals surface area (Å²) in [4.78, 5) is 3.94. The van der Waals surface area contributed by atoms with Crippen molar-refractivity contribution < 1.29 is 0 Å². The lowest BCUT2D eigenvalue weighted by Gasteiger charge is -2.29. The van der Waals surface area contributed by atoms with Crippen molar-refractivity contribution >= 4 is 60.3 Å². The minimum absolute atomic E-state index is 0.285. The molecule has 0 saturated carbocycles. The molecule has 2 heterocycles. The van der Waals surface area contributed by atoms with Crippen molar-refractivity contribution in [2.45, 2.75) is 12.3 Å². The molecule has 0 aliphatic heterocycles. The van der Waals surface area contributed by atoms with Crippen LogP contribution in [0.3, 0.4) is 0 Å². The molecule has 55 heavy (non-hydrogen) atoms. The van der Waals surface area contributed by atoms with Crippen molar-refractivity contribution in [2.24, 2.45) is 0 Å². The van der Waals surface area contributed by atoms with Crippen LogP contribution in [0.2, 0.25) is 0 Å². The molecule has 2 aromatic heterocycles. The van der Waals surface area contributed by atoms with Crippen LogP contribution >= 0.6 is 11.3 Å². The standard InChI is InChI=1S/C52H36N2S/c1-3-15-35(16-4-1)37-17-13-20-40(33-37)53(47-26-14-27-48-52(47)43-23-9-11-25-46(43)54(48)38-18-5-2-6-19-38)39-31-29-36(30-32-39)45-34-50-51(42-22-8-7-21-41(42)45)44-24-10-12-28-49(44)55-50/h1-33,45H,34H2. The Labute approximate surface area is 324 Å². The first-order chi connectivity index (χ1) is 27.3. The summed E-state index contributed by atoms with van der Waals surface area (Å²) in [6.45, 7) is 0. The summed E-state index contributed by atoms with van der Waals surface area (Å²) in [5.41, 5.74) is 14.9. The SMILES string of the molecule is c1ccc(-c2cccc(N(c3ccc(C4Cc5sc6ccccc6c5-c5ccccc54)cc3)c3cccc4c3c3ccccc3n4-c3ccccc3)c2)cc1. The lowest BCUT2D eigenvalue weighted by molar-refractivity contribution is 0.807. The van der Waals surface area contributed by atoms with E-state index < -0.39 is 0 Å². The van der Waals surface area contributed by atoms with Crippen LogP contribution in [0.1, 0.15) is 21.9 Å². The topological polar surface area (TPSA) is 8.17 Å². The van der Waals surface area contributed by atoms with Gasteiger partial charge >= 0.3 is 0 Å². The van der Waals surface area contributed by atoms with E-state index in [9.17, 15) is 0 Å². The van der Waals surface area contributed by atoms with E-state index >= 15 is 0 Å². The van der Waals surface area contributed by atoms with Gasteiger partial charge < -0.3 is 9.47 Å². The first kappa shape index (κ1) is 31.8. The molecule has 0 bridgehead atoms. The summed E-state index contributed by atoms with van der Waals surface area (Å²) < 4.78 is 3.77. The fraction of sp³-hybridized carbons (Fsp3) is 0.0385. The number of benzene rings is 8. The Kier molecular flexibility index (Phi) is 7.53. The molecule has 260 valence electrons. The molecule has 0 spiro atoms. The quantitative estimate of drug-likeness (QED) is 0.166. The van der Waals surface area contributed by atoms with Gasteiger partial charge in [0.2, 0.25) is 0 Å². The molecular formula is C52H36N2S. The van der Waals surface area contributed by atoms with Gasteiger partial charge in [0.1, 0.15) is 0 Å². The minimum Gasteiger partial charge on any atom is -0.310 e. The Bertz CT molecular complexity index is 3010. The molecule has 0 N–H and O–H groups in total. The highest BCUT2D eigenvalue weighted by atomic mass is 32.1. The number of para-hydroxylation sites is 2.